The van der Waals surface area contributed by atoms with Crippen LogP contribution >= 0.6 is 0 Å². The average Bonchev–Trinajstić information content (AvgIpc) is 3.17. The van der Waals surface area contributed by atoms with Gasteiger partial charge in [0.15, 0.2) is 0 Å². The molecule has 0 spiro atoms. The lowest BCUT2D eigenvalue weighted by molar-refractivity contribution is 0.0372. The van der Waals surface area contributed by atoms with Gasteiger partial charge >= 0.3 is 0 Å². The van der Waals surface area contributed by atoms with E-state index in [1.807, 2.05) is 6.07 Å². The summed E-state index contributed by atoms with van der Waals surface area (Å²) >= 11 is 0. The standard InChI is InChI=1S/C18H20F2N4O/c19-13-3-4-14(15(20)9-13)16-11-24(7-8-25-16)18-10-17(21-12-22-18)23-5-1-2-6-23/h3-4,9-10,12,16H,1-2,5-8,11H2/t16-/m0/s1. The predicted molar refractivity (Wildman–Crippen MR) is 90.7 cm³/mol. The van der Waals surface area contributed by atoms with Crippen molar-refractivity contribution in [2.45, 2.75) is 18.9 Å². The first-order valence-corrected chi connectivity index (χ1v) is 8.59. The van der Waals surface area contributed by atoms with Crippen molar-refractivity contribution in [3.8, 4) is 0 Å². The van der Waals surface area contributed by atoms with Crippen LogP contribution in [0.25, 0.3) is 0 Å². The topological polar surface area (TPSA) is 41.5 Å². The summed E-state index contributed by atoms with van der Waals surface area (Å²) in [6, 6.07) is 5.59. The molecule has 0 saturated carbocycles. The largest absolute Gasteiger partial charge is 0.370 e. The summed E-state index contributed by atoms with van der Waals surface area (Å²) in [4.78, 5) is 13.1. The van der Waals surface area contributed by atoms with E-state index in [9.17, 15) is 8.78 Å². The molecule has 7 heteroatoms. The highest BCUT2D eigenvalue weighted by Crippen LogP contribution is 2.28. The number of hydrogen-bond donors (Lipinski definition) is 0. The molecule has 1 aromatic carbocycles. The Morgan fingerprint density at radius 3 is 2.48 bits per heavy atom. The predicted octanol–water partition coefficient (Wildman–Crippen LogP) is 2.93. The lowest BCUT2D eigenvalue weighted by Crippen LogP contribution is -2.39. The van der Waals surface area contributed by atoms with Crippen molar-refractivity contribution in [1.82, 2.24) is 9.97 Å². The molecule has 2 fully saturated rings. The van der Waals surface area contributed by atoms with Crippen LogP contribution in [0.4, 0.5) is 20.4 Å². The van der Waals surface area contributed by atoms with Gasteiger partial charge in [0.05, 0.1) is 6.61 Å². The minimum atomic E-state index is -0.583. The molecule has 0 amide bonds. The molecule has 2 saturated heterocycles. The number of rotatable bonds is 3. The van der Waals surface area contributed by atoms with Gasteiger partial charge in [-0.25, -0.2) is 18.7 Å². The fourth-order valence-electron chi connectivity index (χ4n) is 3.44. The van der Waals surface area contributed by atoms with E-state index in [2.05, 4.69) is 19.8 Å². The van der Waals surface area contributed by atoms with Crippen LogP contribution in [0.1, 0.15) is 24.5 Å². The number of ether oxygens (including phenoxy) is 1. The van der Waals surface area contributed by atoms with Gasteiger partial charge in [-0.3, -0.25) is 0 Å². The molecule has 0 unspecified atom stereocenters. The Hall–Kier alpha value is -2.28. The van der Waals surface area contributed by atoms with E-state index < -0.39 is 17.7 Å². The number of hydrogen-bond acceptors (Lipinski definition) is 5. The van der Waals surface area contributed by atoms with Crippen LogP contribution in [0.15, 0.2) is 30.6 Å². The van der Waals surface area contributed by atoms with Crippen LogP contribution in [0, 0.1) is 11.6 Å². The summed E-state index contributed by atoms with van der Waals surface area (Å²) < 4.78 is 32.9. The fraction of sp³-hybridized carbons (Fsp3) is 0.444. The zero-order valence-corrected chi connectivity index (χ0v) is 13.9. The number of benzene rings is 1. The van der Waals surface area contributed by atoms with E-state index in [0.717, 1.165) is 30.8 Å². The molecule has 3 heterocycles. The molecule has 0 aliphatic carbocycles. The monoisotopic (exact) mass is 346 g/mol. The molecule has 1 atom stereocenters. The van der Waals surface area contributed by atoms with E-state index >= 15 is 0 Å². The lowest BCUT2D eigenvalue weighted by atomic mass is 10.1. The van der Waals surface area contributed by atoms with Gasteiger partial charge in [0.1, 0.15) is 35.7 Å². The van der Waals surface area contributed by atoms with Crippen molar-refractivity contribution in [3.05, 3.63) is 47.8 Å². The van der Waals surface area contributed by atoms with Gasteiger partial charge in [-0.15, -0.1) is 0 Å². The van der Waals surface area contributed by atoms with Gasteiger partial charge < -0.3 is 14.5 Å². The average molecular weight is 346 g/mol. The van der Waals surface area contributed by atoms with Crippen LogP contribution in [0.3, 0.4) is 0 Å². The number of anilines is 2. The summed E-state index contributed by atoms with van der Waals surface area (Å²) in [5, 5.41) is 0. The highest BCUT2D eigenvalue weighted by molar-refractivity contribution is 5.51. The molecular formula is C18H20F2N4O. The maximum absolute atomic E-state index is 14.1. The Bertz CT molecular complexity index is 752. The number of aromatic nitrogens is 2. The molecule has 2 aliphatic heterocycles. The molecule has 132 valence electrons. The van der Waals surface area contributed by atoms with Crippen LogP contribution in [0.2, 0.25) is 0 Å². The number of halogens is 2. The normalized spacial score (nSPS) is 21.0. The fourth-order valence-corrected chi connectivity index (χ4v) is 3.44. The van der Waals surface area contributed by atoms with Gasteiger partial charge in [-0.2, -0.15) is 0 Å². The summed E-state index contributed by atoms with van der Waals surface area (Å²) in [6.45, 7) is 3.64. The summed E-state index contributed by atoms with van der Waals surface area (Å²) in [5.74, 6) is 0.582. The molecule has 0 radical (unpaired) electrons. The van der Waals surface area contributed by atoms with Crippen molar-refractivity contribution in [2.24, 2.45) is 0 Å². The Labute approximate surface area is 145 Å². The quantitative estimate of drug-likeness (QED) is 0.855. The zero-order chi connectivity index (χ0) is 17.2. The third kappa shape index (κ3) is 3.42. The molecule has 5 nitrogen and oxygen atoms in total. The van der Waals surface area contributed by atoms with Crippen molar-refractivity contribution < 1.29 is 13.5 Å². The van der Waals surface area contributed by atoms with Gasteiger partial charge in [-0.1, -0.05) is 6.07 Å². The van der Waals surface area contributed by atoms with Crippen LogP contribution in [0.5, 0.6) is 0 Å². The maximum atomic E-state index is 14.1. The summed E-state index contributed by atoms with van der Waals surface area (Å²) in [6.07, 6.45) is 3.50. The highest BCUT2D eigenvalue weighted by Gasteiger charge is 2.26. The molecule has 1 aromatic heterocycles. The first-order valence-electron chi connectivity index (χ1n) is 8.59. The molecule has 0 bridgehead atoms. The summed E-state index contributed by atoms with van der Waals surface area (Å²) in [5.41, 5.74) is 0.375. The SMILES string of the molecule is Fc1ccc([C@@H]2CN(c3cc(N4CCCC4)ncn3)CCO2)c(F)c1. The second kappa shape index (κ2) is 6.92. The molecule has 25 heavy (non-hydrogen) atoms. The lowest BCUT2D eigenvalue weighted by Gasteiger charge is -2.34. The molecule has 2 aliphatic rings. The summed E-state index contributed by atoms with van der Waals surface area (Å²) in [7, 11) is 0. The van der Waals surface area contributed by atoms with E-state index in [1.54, 1.807) is 6.33 Å². The highest BCUT2D eigenvalue weighted by atomic mass is 19.1. The maximum Gasteiger partial charge on any atom is 0.134 e. The van der Waals surface area contributed by atoms with E-state index in [4.69, 9.17) is 4.74 Å². The molecule has 0 N–H and O–H groups in total. The molecular weight excluding hydrogens is 326 g/mol. The Balaban J connectivity index is 1.54. The smallest absolute Gasteiger partial charge is 0.134 e. The Morgan fingerprint density at radius 1 is 0.960 bits per heavy atom. The van der Waals surface area contributed by atoms with E-state index in [1.165, 1.54) is 25.0 Å². The Kier molecular flexibility index (Phi) is 4.48. The van der Waals surface area contributed by atoms with Crippen molar-refractivity contribution in [3.63, 3.8) is 0 Å². The first-order chi connectivity index (χ1) is 12.2. The van der Waals surface area contributed by atoms with Crippen LogP contribution < -0.4 is 9.80 Å². The van der Waals surface area contributed by atoms with Gasteiger partial charge in [0.25, 0.3) is 0 Å². The van der Waals surface area contributed by atoms with E-state index in [-0.39, 0.29) is 0 Å². The van der Waals surface area contributed by atoms with Gasteiger partial charge in [-0.05, 0) is 18.9 Å². The second-order valence-corrected chi connectivity index (χ2v) is 6.40. The van der Waals surface area contributed by atoms with Crippen LogP contribution in [-0.4, -0.2) is 42.8 Å². The molecule has 4 rings (SSSR count). The van der Waals surface area contributed by atoms with Gasteiger partial charge in [0.2, 0.25) is 0 Å². The second-order valence-electron chi connectivity index (χ2n) is 6.40. The van der Waals surface area contributed by atoms with Crippen LogP contribution in [-0.2, 0) is 4.74 Å². The third-order valence-corrected chi connectivity index (χ3v) is 4.77. The van der Waals surface area contributed by atoms with Crippen molar-refractivity contribution >= 4 is 11.6 Å². The minimum Gasteiger partial charge on any atom is -0.370 e. The zero-order valence-electron chi connectivity index (χ0n) is 13.9. The molecule has 2 aromatic rings. The Morgan fingerprint density at radius 2 is 1.72 bits per heavy atom. The van der Waals surface area contributed by atoms with Gasteiger partial charge in [0, 0.05) is 43.9 Å². The number of morpholine rings is 1. The third-order valence-electron chi connectivity index (χ3n) is 4.77. The minimum absolute atomic E-state index is 0.375. The first kappa shape index (κ1) is 16.2. The number of nitrogens with zero attached hydrogens (tertiary/aromatic N) is 4. The van der Waals surface area contributed by atoms with Crippen molar-refractivity contribution in [1.29, 1.82) is 0 Å². The van der Waals surface area contributed by atoms with Crippen molar-refractivity contribution in [2.75, 3.05) is 42.6 Å². The van der Waals surface area contributed by atoms with E-state index in [0.29, 0.717) is 25.3 Å².